The standard InChI is InChI=1S/C18H13ClFNO3/c19-14-7-5-11(17-8-6-12(10-22)24-17)9-16(14)21-18(23)13-3-1-2-4-15(13)20/h1-9,22H,10H2,(H,21,23). The van der Waals surface area contributed by atoms with Gasteiger partial charge in [-0.25, -0.2) is 4.39 Å². The van der Waals surface area contributed by atoms with Crippen LogP contribution in [0.15, 0.2) is 59.0 Å². The van der Waals surface area contributed by atoms with Crippen LogP contribution in [-0.4, -0.2) is 11.0 Å². The number of carbonyl (C=O) groups is 1. The van der Waals surface area contributed by atoms with Crippen molar-refractivity contribution in [2.24, 2.45) is 0 Å². The zero-order valence-electron chi connectivity index (χ0n) is 12.4. The molecule has 3 aromatic rings. The monoisotopic (exact) mass is 345 g/mol. The normalized spacial score (nSPS) is 10.6. The van der Waals surface area contributed by atoms with Crippen LogP contribution >= 0.6 is 11.6 Å². The number of furan rings is 1. The van der Waals surface area contributed by atoms with E-state index in [0.29, 0.717) is 27.8 Å². The number of amides is 1. The molecule has 0 saturated carbocycles. The molecule has 0 bridgehead atoms. The molecule has 1 amide bonds. The molecular formula is C18H13ClFNO3. The second-order valence-corrected chi connectivity index (χ2v) is 5.46. The van der Waals surface area contributed by atoms with Gasteiger partial charge in [-0.2, -0.15) is 0 Å². The average molecular weight is 346 g/mol. The van der Waals surface area contributed by atoms with Crippen LogP contribution in [0.3, 0.4) is 0 Å². The molecule has 24 heavy (non-hydrogen) atoms. The minimum absolute atomic E-state index is 0.0699. The fourth-order valence-corrected chi connectivity index (χ4v) is 2.39. The van der Waals surface area contributed by atoms with Crippen molar-refractivity contribution in [1.29, 1.82) is 0 Å². The molecule has 0 radical (unpaired) electrons. The van der Waals surface area contributed by atoms with Crippen molar-refractivity contribution in [3.8, 4) is 11.3 Å². The van der Waals surface area contributed by atoms with E-state index in [2.05, 4.69) is 5.32 Å². The number of aliphatic hydroxyl groups is 1. The van der Waals surface area contributed by atoms with E-state index in [1.165, 1.54) is 18.2 Å². The molecule has 6 heteroatoms. The molecule has 0 spiro atoms. The highest BCUT2D eigenvalue weighted by Crippen LogP contribution is 2.30. The Morgan fingerprint density at radius 2 is 1.96 bits per heavy atom. The Morgan fingerprint density at radius 1 is 1.17 bits per heavy atom. The van der Waals surface area contributed by atoms with Gasteiger partial charge in [-0.15, -0.1) is 0 Å². The highest BCUT2D eigenvalue weighted by Gasteiger charge is 2.14. The van der Waals surface area contributed by atoms with Crippen molar-refractivity contribution in [3.05, 3.63) is 76.8 Å². The zero-order valence-corrected chi connectivity index (χ0v) is 13.2. The van der Waals surface area contributed by atoms with Gasteiger partial charge in [0.25, 0.3) is 5.91 Å². The molecule has 1 heterocycles. The van der Waals surface area contributed by atoms with E-state index in [1.807, 2.05) is 0 Å². The van der Waals surface area contributed by atoms with Gasteiger partial charge in [0.15, 0.2) is 0 Å². The first-order valence-corrected chi connectivity index (χ1v) is 7.51. The lowest BCUT2D eigenvalue weighted by Gasteiger charge is -2.09. The molecule has 0 fully saturated rings. The Morgan fingerprint density at radius 3 is 2.67 bits per heavy atom. The van der Waals surface area contributed by atoms with Gasteiger partial charge in [0, 0.05) is 5.56 Å². The van der Waals surface area contributed by atoms with E-state index in [9.17, 15) is 9.18 Å². The summed E-state index contributed by atoms with van der Waals surface area (Å²) >= 11 is 6.11. The van der Waals surface area contributed by atoms with E-state index < -0.39 is 11.7 Å². The summed E-state index contributed by atoms with van der Waals surface area (Å²) in [6.45, 7) is -0.204. The first-order valence-electron chi connectivity index (χ1n) is 7.14. The summed E-state index contributed by atoms with van der Waals surface area (Å²) in [5, 5.41) is 12.0. The molecule has 4 nitrogen and oxygen atoms in total. The van der Waals surface area contributed by atoms with E-state index in [1.54, 1.807) is 36.4 Å². The number of anilines is 1. The SMILES string of the molecule is O=C(Nc1cc(-c2ccc(CO)o2)ccc1Cl)c1ccccc1F. The predicted molar refractivity (Wildman–Crippen MR) is 89.4 cm³/mol. The van der Waals surface area contributed by atoms with Gasteiger partial charge >= 0.3 is 0 Å². The second-order valence-electron chi connectivity index (χ2n) is 5.05. The van der Waals surface area contributed by atoms with Crippen molar-refractivity contribution in [2.45, 2.75) is 6.61 Å². The van der Waals surface area contributed by atoms with Gasteiger partial charge in [-0.05, 0) is 42.5 Å². The zero-order chi connectivity index (χ0) is 17.1. The summed E-state index contributed by atoms with van der Waals surface area (Å²) in [6, 6.07) is 14.0. The van der Waals surface area contributed by atoms with Gasteiger partial charge in [0.2, 0.25) is 0 Å². The Balaban J connectivity index is 1.89. The summed E-state index contributed by atoms with van der Waals surface area (Å²) in [4.78, 5) is 12.2. The molecule has 0 atom stereocenters. The van der Waals surface area contributed by atoms with Crippen LogP contribution in [0.1, 0.15) is 16.1 Å². The fourth-order valence-electron chi connectivity index (χ4n) is 2.23. The van der Waals surface area contributed by atoms with Gasteiger partial charge < -0.3 is 14.8 Å². The fraction of sp³-hybridized carbons (Fsp3) is 0.0556. The first-order chi connectivity index (χ1) is 11.6. The van der Waals surface area contributed by atoms with E-state index in [-0.39, 0.29) is 12.2 Å². The van der Waals surface area contributed by atoms with Crippen LogP contribution in [0, 0.1) is 5.82 Å². The molecule has 122 valence electrons. The van der Waals surface area contributed by atoms with Crippen LogP contribution in [0.4, 0.5) is 10.1 Å². The quantitative estimate of drug-likeness (QED) is 0.732. The van der Waals surface area contributed by atoms with Gasteiger partial charge in [-0.1, -0.05) is 23.7 Å². The number of aliphatic hydroxyl groups excluding tert-OH is 1. The molecule has 1 aromatic heterocycles. The number of nitrogens with one attached hydrogen (secondary N) is 1. The molecule has 2 N–H and O–H groups in total. The summed E-state index contributed by atoms with van der Waals surface area (Å²) in [5.41, 5.74) is 0.937. The minimum Gasteiger partial charge on any atom is -0.459 e. The maximum Gasteiger partial charge on any atom is 0.258 e. The summed E-state index contributed by atoms with van der Waals surface area (Å²) < 4.78 is 19.2. The molecule has 0 aliphatic carbocycles. The third-order valence-corrected chi connectivity index (χ3v) is 3.76. The number of carbonyl (C=O) groups excluding carboxylic acids is 1. The Hall–Kier alpha value is -2.63. The van der Waals surface area contributed by atoms with Crippen LogP contribution in [0.5, 0.6) is 0 Å². The van der Waals surface area contributed by atoms with Crippen molar-refractivity contribution >= 4 is 23.2 Å². The molecular weight excluding hydrogens is 333 g/mol. The highest BCUT2D eigenvalue weighted by atomic mass is 35.5. The number of rotatable bonds is 4. The highest BCUT2D eigenvalue weighted by molar-refractivity contribution is 6.34. The van der Waals surface area contributed by atoms with Crippen LogP contribution in [0.2, 0.25) is 5.02 Å². The van der Waals surface area contributed by atoms with Crippen molar-refractivity contribution < 1.29 is 18.7 Å². The molecule has 2 aromatic carbocycles. The third-order valence-electron chi connectivity index (χ3n) is 3.44. The van der Waals surface area contributed by atoms with Crippen molar-refractivity contribution in [3.63, 3.8) is 0 Å². The van der Waals surface area contributed by atoms with Gasteiger partial charge in [0.1, 0.15) is 23.9 Å². The van der Waals surface area contributed by atoms with Gasteiger partial charge in [0.05, 0.1) is 16.3 Å². The maximum atomic E-state index is 13.7. The van der Waals surface area contributed by atoms with Gasteiger partial charge in [-0.3, -0.25) is 4.79 Å². The largest absolute Gasteiger partial charge is 0.459 e. The van der Waals surface area contributed by atoms with Crippen LogP contribution in [-0.2, 0) is 6.61 Å². The van der Waals surface area contributed by atoms with Crippen molar-refractivity contribution in [1.82, 2.24) is 0 Å². The average Bonchev–Trinajstić information content (AvgIpc) is 3.06. The first kappa shape index (κ1) is 16.2. The summed E-state index contributed by atoms with van der Waals surface area (Å²) in [7, 11) is 0. The summed E-state index contributed by atoms with van der Waals surface area (Å²) in [6.07, 6.45) is 0. The maximum absolute atomic E-state index is 13.7. The van der Waals surface area contributed by atoms with E-state index in [0.717, 1.165) is 0 Å². The number of benzene rings is 2. The lowest BCUT2D eigenvalue weighted by Crippen LogP contribution is -2.14. The van der Waals surface area contributed by atoms with Crippen LogP contribution < -0.4 is 5.32 Å². The predicted octanol–water partition coefficient (Wildman–Crippen LogP) is 4.48. The lowest BCUT2D eigenvalue weighted by atomic mass is 10.1. The van der Waals surface area contributed by atoms with E-state index in [4.69, 9.17) is 21.1 Å². The molecule has 0 unspecified atom stereocenters. The Labute approximate surface area is 142 Å². The molecule has 3 rings (SSSR count). The Bertz CT molecular complexity index is 891. The summed E-state index contributed by atoms with van der Waals surface area (Å²) in [5.74, 6) is -0.252. The van der Waals surface area contributed by atoms with Crippen molar-refractivity contribution in [2.75, 3.05) is 5.32 Å². The topological polar surface area (TPSA) is 62.5 Å². The number of hydrogen-bond acceptors (Lipinski definition) is 3. The third kappa shape index (κ3) is 3.32. The lowest BCUT2D eigenvalue weighted by molar-refractivity contribution is 0.102. The number of halogens is 2. The molecule has 0 aliphatic heterocycles. The minimum atomic E-state index is -0.610. The number of hydrogen-bond donors (Lipinski definition) is 2. The molecule has 0 aliphatic rings. The second kappa shape index (κ2) is 6.86. The Kier molecular flexibility index (Phi) is 4.64. The van der Waals surface area contributed by atoms with Crippen LogP contribution in [0.25, 0.3) is 11.3 Å². The smallest absolute Gasteiger partial charge is 0.258 e. The van der Waals surface area contributed by atoms with E-state index >= 15 is 0 Å². The molecule has 0 saturated heterocycles.